The lowest BCUT2D eigenvalue weighted by atomic mass is 9.86. The number of hydrogen-bond acceptors (Lipinski definition) is 1. The van der Waals surface area contributed by atoms with Crippen LogP contribution in [0, 0.1) is 11.7 Å². The number of benzene rings is 1. The van der Waals surface area contributed by atoms with E-state index in [1.54, 1.807) is 6.07 Å². The summed E-state index contributed by atoms with van der Waals surface area (Å²) < 4.78 is 14.5. The minimum atomic E-state index is -0.121. The predicted octanol–water partition coefficient (Wildman–Crippen LogP) is 4.26. The average Bonchev–Trinajstić information content (AvgIpc) is 2.32. The van der Waals surface area contributed by atoms with Gasteiger partial charge in [-0.3, -0.25) is 0 Å². The van der Waals surface area contributed by atoms with Gasteiger partial charge >= 0.3 is 0 Å². The van der Waals surface area contributed by atoms with Crippen molar-refractivity contribution in [3.05, 3.63) is 34.1 Å². The van der Waals surface area contributed by atoms with Crippen LogP contribution in [0.4, 0.5) is 4.39 Å². The van der Waals surface area contributed by atoms with E-state index in [4.69, 9.17) is 0 Å². The maximum atomic E-state index is 13.6. The molecule has 0 spiro atoms. The molecule has 1 aliphatic carbocycles. The summed E-state index contributed by atoms with van der Waals surface area (Å²) in [5.41, 5.74) is 0.747. The van der Waals surface area contributed by atoms with Gasteiger partial charge < -0.3 is 5.32 Å². The Hall–Kier alpha value is -0.410. The second-order valence-electron chi connectivity index (χ2n) is 4.98. The van der Waals surface area contributed by atoms with E-state index < -0.39 is 0 Å². The van der Waals surface area contributed by atoms with Gasteiger partial charge in [-0.05, 0) is 37.0 Å². The Morgan fingerprint density at radius 1 is 1.35 bits per heavy atom. The summed E-state index contributed by atoms with van der Waals surface area (Å²) in [6.07, 6.45) is 5.14. The molecule has 2 rings (SSSR count). The molecule has 1 fully saturated rings. The molecule has 2 atom stereocenters. The monoisotopic (exact) mass is 299 g/mol. The van der Waals surface area contributed by atoms with Crippen LogP contribution >= 0.6 is 15.9 Å². The molecule has 3 heteroatoms. The normalized spacial score (nSPS) is 24.9. The van der Waals surface area contributed by atoms with E-state index in [1.165, 1.54) is 31.7 Å². The minimum absolute atomic E-state index is 0.121. The first-order valence-electron chi connectivity index (χ1n) is 6.34. The van der Waals surface area contributed by atoms with Gasteiger partial charge in [0.25, 0.3) is 0 Å². The first kappa shape index (κ1) is 13.0. The Morgan fingerprint density at radius 3 is 2.88 bits per heavy atom. The molecule has 1 aromatic rings. The van der Waals surface area contributed by atoms with E-state index in [-0.39, 0.29) is 5.82 Å². The van der Waals surface area contributed by atoms with Crippen molar-refractivity contribution < 1.29 is 4.39 Å². The van der Waals surface area contributed by atoms with Crippen molar-refractivity contribution >= 4 is 15.9 Å². The molecule has 0 heterocycles. The summed E-state index contributed by atoms with van der Waals surface area (Å²) in [7, 11) is 0. The van der Waals surface area contributed by atoms with Gasteiger partial charge in [-0.2, -0.15) is 0 Å². The quantitative estimate of drug-likeness (QED) is 0.879. The van der Waals surface area contributed by atoms with Gasteiger partial charge in [-0.25, -0.2) is 4.39 Å². The van der Waals surface area contributed by atoms with Crippen LogP contribution in [0.5, 0.6) is 0 Å². The third-order valence-electron chi connectivity index (χ3n) is 3.67. The van der Waals surface area contributed by atoms with E-state index >= 15 is 0 Å². The molecule has 2 unspecified atom stereocenters. The molecule has 1 nitrogen and oxygen atoms in total. The maximum absolute atomic E-state index is 13.6. The molecule has 1 N–H and O–H groups in total. The molecule has 17 heavy (non-hydrogen) atoms. The van der Waals surface area contributed by atoms with E-state index in [9.17, 15) is 4.39 Å². The van der Waals surface area contributed by atoms with Crippen molar-refractivity contribution in [3.63, 3.8) is 0 Å². The fourth-order valence-electron chi connectivity index (χ4n) is 2.54. The Kier molecular flexibility index (Phi) is 4.57. The molecule has 0 saturated heterocycles. The third kappa shape index (κ3) is 3.52. The largest absolute Gasteiger partial charge is 0.310 e. The number of halogens is 2. The summed E-state index contributed by atoms with van der Waals surface area (Å²) in [6, 6.07) is 5.66. The lowest BCUT2D eigenvalue weighted by molar-refractivity contribution is 0.278. The summed E-state index contributed by atoms with van der Waals surface area (Å²) in [5, 5.41) is 3.49. The highest BCUT2D eigenvalue weighted by atomic mass is 79.9. The zero-order chi connectivity index (χ0) is 12.3. The highest BCUT2D eigenvalue weighted by Gasteiger charge is 2.20. The molecule has 0 amide bonds. The van der Waals surface area contributed by atoms with Crippen molar-refractivity contribution in [3.8, 4) is 0 Å². The van der Waals surface area contributed by atoms with E-state index in [0.717, 1.165) is 10.0 Å². The molecule has 0 radical (unpaired) electrons. The van der Waals surface area contributed by atoms with Gasteiger partial charge in [-0.1, -0.05) is 35.7 Å². The minimum Gasteiger partial charge on any atom is -0.310 e. The zero-order valence-electron chi connectivity index (χ0n) is 10.2. The Balaban J connectivity index is 1.94. The standard InChI is InChI=1S/C14H19BrFN/c1-10-4-2-3-5-14(10)17-9-11-8-12(15)6-7-13(11)16/h6-8,10,14,17H,2-5,9H2,1H3. The molecule has 0 aromatic heterocycles. The maximum Gasteiger partial charge on any atom is 0.127 e. The number of hydrogen-bond donors (Lipinski definition) is 1. The summed E-state index contributed by atoms with van der Waals surface area (Å²) in [6.45, 7) is 2.91. The lowest BCUT2D eigenvalue weighted by Crippen LogP contribution is -2.36. The molecule has 1 aromatic carbocycles. The fraction of sp³-hybridized carbons (Fsp3) is 0.571. The molecular formula is C14H19BrFN. The smallest absolute Gasteiger partial charge is 0.127 e. The molecule has 1 aliphatic rings. The highest BCUT2D eigenvalue weighted by molar-refractivity contribution is 9.10. The summed E-state index contributed by atoms with van der Waals surface area (Å²) >= 11 is 3.38. The van der Waals surface area contributed by atoms with Crippen molar-refractivity contribution in [2.45, 2.75) is 45.2 Å². The highest BCUT2D eigenvalue weighted by Crippen LogP contribution is 2.24. The fourth-order valence-corrected chi connectivity index (χ4v) is 2.95. The van der Waals surface area contributed by atoms with Crippen molar-refractivity contribution in [2.75, 3.05) is 0 Å². The lowest BCUT2D eigenvalue weighted by Gasteiger charge is -2.29. The zero-order valence-corrected chi connectivity index (χ0v) is 11.8. The number of rotatable bonds is 3. The van der Waals surface area contributed by atoms with Crippen LogP contribution in [0.15, 0.2) is 22.7 Å². The predicted molar refractivity (Wildman–Crippen MR) is 72.4 cm³/mol. The van der Waals surface area contributed by atoms with Gasteiger partial charge in [0.2, 0.25) is 0 Å². The first-order valence-corrected chi connectivity index (χ1v) is 7.13. The Bertz CT molecular complexity index is 380. The van der Waals surface area contributed by atoms with Crippen molar-refractivity contribution in [1.29, 1.82) is 0 Å². The van der Waals surface area contributed by atoms with Gasteiger partial charge in [0.05, 0.1) is 0 Å². The van der Waals surface area contributed by atoms with Crippen LogP contribution in [0.25, 0.3) is 0 Å². The second kappa shape index (κ2) is 5.96. The van der Waals surface area contributed by atoms with E-state index in [2.05, 4.69) is 28.2 Å². The van der Waals surface area contributed by atoms with Crippen LogP contribution < -0.4 is 5.32 Å². The van der Waals surface area contributed by atoms with Crippen LogP contribution in [0.2, 0.25) is 0 Å². The van der Waals surface area contributed by atoms with Gasteiger partial charge in [0.15, 0.2) is 0 Å². The SMILES string of the molecule is CC1CCCCC1NCc1cc(Br)ccc1F. The van der Waals surface area contributed by atoms with Gasteiger partial charge in [0, 0.05) is 22.6 Å². The van der Waals surface area contributed by atoms with E-state index in [1.807, 2.05) is 6.07 Å². The van der Waals surface area contributed by atoms with Crippen LogP contribution in [0.1, 0.15) is 38.2 Å². The molecular weight excluding hydrogens is 281 g/mol. The molecule has 1 saturated carbocycles. The summed E-state index contributed by atoms with van der Waals surface area (Å²) in [5.74, 6) is 0.586. The second-order valence-corrected chi connectivity index (χ2v) is 5.90. The van der Waals surface area contributed by atoms with Crippen molar-refractivity contribution in [1.82, 2.24) is 5.32 Å². The van der Waals surface area contributed by atoms with Crippen LogP contribution in [-0.4, -0.2) is 6.04 Å². The Morgan fingerprint density at radius 2 is 2.12 bits per heavy atom. The van der Waals surface area contributed by atoms with Crippen LogP contribution in [-0.2, 0) is 6.54 Å². The van der Waals surface area contributed by atoms with E-state index in [0.29, 0.717) is 18.5 Å². The topological polar surface area (TPSA) is 12.0 Å². The first-order chi connectivity index (χ1) is 8.16. The summed E-state index contributed by atoms with van der Waals surface area (Å²) in [4.78, 5) is 0. The van der Waals surface area contributed by atoms with Gasteiger partial charge in [-0.15, -0.1) is 0 Å². The molecule has 94 valence electrons. The van der Waals surface area contributed by atoms with Gasteiger partial charge in [0.1, 0.15) is 5.82 Å². The van der Waals surface area contributed by atoms with Crippen LogP contribution in [0.3, 0.4) is 0 Å². The molecule has 0 bridgehead atoms. The average molecular weight is 300 g/mol. The number of nitrogens with one attached hydrogen (secondary N) is 1. The Labute approximate surface area is 111 Å². The third-order valence-corrected chi connectivity index (χ3v) is 4.17. The van der Waals surface area contributed by atoms with Crippen molar-refractivity contribution in [2.24, 2.45) is 5.92 Å². The molecule has 0 aliphatic heterocycles.